The molecule has 0 amide bonds. The van der Waals surface area contributed by atoms with Crippen LogP contribution in [0.3, 0.4) is 0 Å². The first-order valence-electron chi connectivity index (χ1n) is 21.7. The topological polar surface area (TPSA) is 0 Å². The van der Waals surface area contributed by atoms with E-state index in [0.29, 0.717) is 42.9 Å². The molecule has 1 heterocycles. The highest BCUT2D eigenvalue weighted by atomic mass is 32.1. The Labute approximate surface area is 287 Å². The number of rotatable bonds is 4. The Hall–Kier alpha value is -5.50. The minimum Gasteiger partial charge on any atom is -0.135 e. The second kappa shape index (κ2) is 10.6. The molecule has 9 rings (SSSR count). The van der Waals surface area contributed by atoms with Gasteiger partial charge in [0.15, 0.2) is 0 Å². The standard InChI is InChI=1S/C44H28S/c1-4-14-29(15-5-1)32-26-27-36-39(28-32)41(31-18-8-3-9-19-31)34-20-10-11-21-35(34)42(36)37-23-13-25-40-43(37)38-24-12-22-33(44(38)45-40)30-16-6-2-7-17-30/h1-28H/i1D,2D,3D,4D,5D,6D,7D,8D,9D,14D,15D,16D,17D,18D,19D. The molecule has 0 fully saturated rings. The summed E-state index contributed by atoms with van der Waals surface area (Å²) in [5.74, 6) is 0. The van der Waals surface area contributed by atoms with E-state index in [4.69, 9.17) is 20.6 Å². The van der Waals surface area contributed by atoms with Gasteiger partial charge in [-0.3, -0.25) is 0 Å². The van der Waals surface area contributed by atoms with Gasteiger partial charge in [-0.05, 0) is 78.2 Å². The molecule has 1 aromatic heterocycles. The van der Waals surface area contributed by atoms with E-state index in [0.717, 1.165) is 21.0 Å². The van der Waals surface area contributed by atoms with Gasteiger partial charge in [0.05, 0.1) is 20.6 Å². The van der Waals surface area contributed by atoms with E-state index >= 15 is 0 Å². The van der Waals surface area contributed by atoms with Gasteiger partial charge in [0, 0.05) is 20.2 Å². The summed E-state index contributed by atoms with van der Waals surface area (Å²) in [7, 11) is 0. The Balaban J connectivity index is 1.46. The lowest BCUT2D eigenvalue weighted by atomic mass is 9.84. The average Bonchev–Trinajstić information content (AvgIpc) is 3.65. The van der Waals surface area contributed by atoms with Gasteiger partial charge in [-0.15, -0.1) is 11.3 Å². The first-order chi connectivity index (χ1) is 28.6. The molecule has 0 saturated heterocycles. The SMILES string of the molecule is [2H]c1c([2H])c([2H])c(-c2ccc3c(-c4cccc5sc6c(-c7c([2H])c([2H])c([2H])c([2H])c7[2H])cccc6c45)c4ccccc4c(-c4c([2H])c([2H])c([2H])c([2H])c4[2H])c3c2)c([2H])c1[2H]. The zero-order valence-electron chi connectivity index (χ0n) is 38.4. The van der Waals surface area contributed by atoms with E-state index in [1.807, 2.05) is 36.4 Å². The summed E-state index contributed by atoms with van der Waals surface area (Å²) in [5.41, 5.74) is 2.47. The van der Waals surface area contributed by atoms with Crippen molar-refractivity contribution in [3.05, 3.63) is 169 Å². The Morgan fingerprint density at radius 2 is 0.978 bits per heavy atom. The highest BCUT2D eigenvalue weighted by Crippen LogP contribution is 2.49. The van der Waals surface area contributed by atoms with Gasteiger partial charge in [0.2, 0.25) is 0 Å². The van der Waals surface area contributed by atoms with Crippen molar-refractivity contribution in [3.8, 4) is 44.5 Å². The lowest BCUT2D eigenvalue weighted by Crippen LogP contribution is -1.92. The molecular weight excluding hydrogens is 561 g/mol. The lowest BCUT2D eigenvalue weighted by Gasteiger charge is -2.19. The van der Waals surface area contributed by atoms with Crippen LogP contribution in [-0.4, -0.2) is 0 Å². The Bertz CT molecular complexity index is 3300. The maximum absolute atomic E-state index is 9.08. The molecule has 0 unspecified atom stereocenters. The predicted molar refractivity (Wildman–Crippen MR) is 196 cm³/mol. The molecule has 0 aliphatic carbocycles. The summed E-state index contributed by atoms with van der Waals surface area (Å²) in [4.78, 5) is 0. The zero-order valence-corrected chi connectivity index (χ0v) is 24.2. The van der Waals surface area contributed by atoms with Crippen LogP contribution in [0.4, 0.5) is 0 Å². The van der Waals surface area contributed by atoms with E-state index in [-0.39, 0.29) is 34.3 Å². The van der Waals surface area contributed by atoms with Gasteiger partial charge in [0.1, 0.15) is 0 Å². The minimum absolute atomic E-state index is 0.0595. The molecular formula is C44H28S. The van der Waals surface area contributed by atoms with Crippen LogP contribution in [0.1, 0.15) is 20.6 Å². The molecule has 0 aliphatic heterocycles. The van der Waals surface area contributed by atoms with Gasteiger partial charge in [-0.25, -0.2) is 0 Å². The monoisotopic (exact) mass is 603 g/mol. The third kappa shape index (κ3) is 4.20. The summed E-state index contributed by atoms with van der Waals surface area (Å²) >= 11 is 1.41. The van der Waals surface area contributed by atoms with Crippen molar-refractivity contribution in [3.63, 3.8) is 0 Å². The molecule has 0 spiro atoms. The highest BCUT2D eigenvalue weighted by molar-refractivity contribution is 7.26. The van der Waals surface area contributed by atoms with Gasteiger partial charge in [0.25, 0.3) is 0 Å². The van der Waals surface area contributed by atoms with Gasteiger partial charge in [-0.1, -0.05) is 157 Å². The van der Waals surface area contributed by atoms with Crippen molar-refractivity contribution in [1.82, 2.24) is 0 Å². The fraction of sp³-hybridized carbons (Fsp3) is 0. The van der Waals surface area contributed by atoms with Crippen molar-refractivity contribution >= 4 is 53.1 Å². The molecule has 210 valence electrons. The number of hydrogen-bond donors (Lipinski definition) is 0. The summed E-state index contributed by atoms with van der Waals surface area (Å²) < 4.78 is 130. The van der Waals surface area contributed by atoms with Crippen molar-refractivity contribution in [2.24, 2.45) is 0 Å². The zero-order chi connectivity index (χ0) is 42.8. The maximum Gasteiger partial charge on any atom is 0.0629 e. The fourth-order valence-electron chi connectivity index (χ4n) is 6.30. The van der Waals surface area contributed by atoms with Gasteiger partial charge >= 0.3 is 0 Å². The third-order valence-corrected chi connectivity index (χ3v) is 9.33. The number of thiophene rings is 1. The molecule has 0 nitrogen and oxygen atoms in total. The normalized spacial score (nSPS) is 16.2. The molecule has 1 heteroatoms. The molecule has 8 aromatic carbocycles. The largest absolute Gasteiger partial charge is 0.135 e. The summed E-state index contributed by atoms with van der Waals surface area (Å²) in [6, 6.07) is 16.7. The quantitative estimate of drug-likeness (QED) is 0.176. The summed E-state index contributed by atoms with van der Waals surface area (Å²) in [6.07, 6.45) is 0. The summed E-state index contributed by atoms with van der Waals surface area (Å²) in [5, 5.41) is 3.77. The minimum atomic E-state index is -0.558. The molecule has 0 bridgehead atoms. The van der Waals surface area contributed by atoms with Crippen molar-refractivity contribution < 1.29 is 20.6 Å². The predicted octanol–water partition coefficient (Wildman–Crippen LogP) is 13.0. The summed E-state index contributed by atoms with van der Waals surface area (Å²) in [6.45, 7) is 0. The van der Waals surface area contributed by atoms with Crippen molar-refractivity contribution in [2.75, 3.05) is 0 Å². The van der Waals surface area contributed by atoms with Crippen LogP contribution in [0.25, 0.3) is 86.2 Å². The number of fused-ring (bicyclic) bond motifs is 5. The van der Waals surface area contributed by atoms with E-state index in [1.165, 1.54) is 11.3 Å². The van der Waals surface area contributed by atoms with Crippen LogP contribution < -0.4 is 0 Å². The second-order valence-electron chi connectivity index (χ2n) is 10.5. The first kappa shape index (κ1) is 15.0. The number of hydrogen-bond acceptors (Lipinski definition) is 1. The van der Waals surface area contributed by atoms with E-state index in [1.54, 1.807) is 42.5 Å². The lowest BCUT2D eigenvalue weighted by molar-refractivity contribution is 1.63. The Morgan fingerprint density at radius 3 is 1.71 bits per heavy atom. The van der Waals surface area contributed by atoms with Crippen LogP contribution in [0.2, 0.25) is 0 Å². The van der Waals surface area contributed by atoms with E-state index < -0.39 is 78.6 Å². The van der Waals surface area contributed by atoms with Crippen LogP contribution in [0.5, 0.6) is 0 Å². The molecule has 0 aliphatic rings. The third-order valence-electron chi connectivity index (χ3n) is 8.12. The fourth-order valence-corrected chi connectivity index (χ4v) is 7.55. The van der Waals surface area contributed by atoms with Crippen molar-refractivity contribution in [2.45, 2.75) is 0 Å². The molecule has 45 heavy (non-hydrogen) atoms. The van der Waals surface area contributed by atoms with Gasteiger partial charge in [-0.2, -0.15) is 0 Å². The van der Waals surface area contributed by atoms with Crippen LogP contribution in [-0.2, 0) is 0 Å². The molecule has 0 N–H and O–H groups in total. The Morgan fingerprint density at radius 1 is 0.400 bits per heavy atom. The smallest absolute Gasteiger partial charge is 0.0629 e. The van der Waals surface area contributed by atoms with Crippen molar-refractivity contribution in [1.29, 1.82) is 0 Å². The average molecular weight is 604 g/mol. The van der Waals surface area contributed by atoms with Gasteiger partial charge < -0.3 is 0 Å². The molecule has 0 atom stereocenters. The number of benzene rings is 8. The van der Waals surface area contributed by atoms with Crippen LogP contribution in [0.15, 0.2) is 169 Å². The molecule has 9 aromatic rings. The maximum atomic E-state index is 9.08. The molecule has 0 saturated carbocycles. The Kier molecular flexibility index (Phi) is 3.53. The highest BCUT2D eigenvalue weighted by Gasteiger charge is 2.21. The molecule has 0 radical (unpaired) electrons. The second-order valence-corrected chi connectivity index (χ2v) is 11.6. The first-order valence-corrected chi connectivity index (χ1v) is 15.0. The van der Waals surface area contributed by atoms with Crippen LogP contribution >= 0.6 is 11.3 Å². The van der Waals surface area contributed by atoms with E-state index in [9.17, 15) is 0 Å². The van der Waals surface area contributed by atoms with E-state index in [2.05, 4.69) is 0 Å². The van der Waals surface area contributed by atoms with Crippen LogP contribution in [0, 0.1) is 0 Å².